The highest BCUT2D eigenvalue weighted by Crippen LogP contribution is 2.05. The van der Waals surface area contributed by atoms with Crippen LogP contribution in [0, 0.1) is 0 Å². The molecule has 0 bridgehead atoms. The zero-order valence-corrected chi connectivity index (χ0v) is 6.71. The first-order valence-corrected chi connectivity index (χ1v) is 3.45. The van der Waals surface area contributed by atoms with Crippen LogP contribution in [0.3, 0.4) is 0 Å². The maximum absolute atomic E-state index is 10.8. The number of nitrogens with two attached hydrogens (primary N) is 1. The van der Waals surface area contributed by atoms with Gasteiger partial charge in [-0.1, -0.05) is 0 Å². The molecule has 7 nitrogen and oxygen atoms in total. The maximum atomic E-state index is 10.8. The second-order valence-corrected chi connectivity index (χ2v) is 2.59. The summed E-state index contributed by atoms with van der Waals surface area (Å²) in [6.45, 7) is 0. The van der Waals surface area contributed by atoms with Gasteiger partial charge in [0.2, 0.25) is 0 Å². The van der Waals surface area contributed by atoms with E-state index in [1.54, 1.807) is 0 Å². The lowest BCUT2D eigenvalue weighted by Gasteiger charge is -2.19. The van der Waals surface area contributed by atoms with Crippen LogP contribution in [-0.2, 0) is 0 Å². The lowest BCUT2D eigenvalue weighted by atomic mass is 10.5. The van der Waals surface area contributed by atoms with Crippen LogP contribution < -0.4 is 16.5 Å². The van der Waals surface area contributed by atoms with Crippen molar-refractivity contribution in [3.05, 3.63) is 0 Å². The van der Waals surface area contributed by atoms with E-state index in [1.165, 1.54) is 0 Å². The van der Waals surface area contributed by atoms with E-state index in [0.717, 1.165) is 0 Å². The number of carbonyl (C=O) groups excluding carboxylic acids is 1. The van der Waals surface area contributed by atoms with Crippen LogP contribution in [0.25, 0.3) is 0 Å². The number of hydrazine groups is 1. The van der Waals surface area contributed by atoms with Crippen molar-refractivity contribution < 1.29 is 15.0 Å². The normalized spacial score (nSPS) is 28.5. The quantitative estimate of drug-likeness (QED) is 0.291. The van der Waals surface area contributed by atoms with Gasteiger partial charge >= 0.3 is 6.03 Å². The van der Waals surface area contributed by atoms with Gasteiger partial charge in [-0.25, -0.2) is 9.80 Å². The maximum Gasteiger partial charge on any atom is 0.340 e. The van der Waals surface area contributed by atoms with Crippen molar-refractivity contribution in [2.24, 2.45) is 5.73 Å². The largest absolute Gasteiger partial charge is 0.375 e. The third-order valence-corrected chi connectivity index (χ3v) is 1.36. The first kappa shape index (κ1) is 8.97. The summed E-state index contributed by atoms with van der Waals surface area (Å²) in [7, 11) is 0. The number of nitrogens with zero attached hydrogens (tertiary/aromatic N) is 1. The number of aliphatic hydroxyl groups excluding tert-OH is 2. The van der Waals surface area contributed by atoms with Crippen molar-refractivity contribution in [1.82, 2.24) is 15.8 Å². The summed E-state index contributed by atoms with van der Waals surface area (Å²) in [4.78, 5) is 10.8. The molecule has 0 spiro atoms. The highest BCUT2D eigenvalue weighted by Gasteiger charge is 2.37. The summed E-state index contributed by atoms with van der Waals surface area (Å²) in [6, 6.07) is -0.692. The molecule has 8 heteroatoms. The van der Waals surface area contributed by atoms with Gasteiger partial charge in [-0.3, -0.25) is 5.43 Å². The van der Waals surface area contributed by atoms with Crippen molar-refractivity contribution in [3.8, 4) is 0 Å². The average Bonchev–Trinajstić information content (AvgIpc) is 2.16. The van der Waals surface area contributed by atoms with Crippen LogP contribution >= 0.6 is 12.2 Å². The van der Waals surface area contributed by atoms with E-state index in [9.17, 15) is 4.79 Å². The van der Waals surface area contributed by atoms with Gasteiger partial charge in [0.05, 0.1) is 0 Å². The van der Waals surface area contributed by atoms with Gasteiger partial charge in [0.1, 0.15) is 0 Å². The molecule has 1 saturated heterocycles. The highest BCUT2D eigenvalue weighted by molar-refractivity contribution is 7.80. The fourth-order valence-electron chi connectivity index (χ4n) is 0.768. The standard InChI is InChI=1S/C4H8N4O3S/c5-3(12)7-8-2(10)1(9)6-4(8)11/h1-2,9-10H,(H,6,11)(H3,5,7,12). The van der Waals surface area contributed by atoms with E-state index in [-0.39, 0.29) is 5.11 Å². The average molecular weight is 192 g/mol. The predicted molar refractivity (Wildman–Crippen MR) is 42.3 cm³/mol. The van der Waals surface area contributed by atoms with E-state index in [1.807, 2.05) is 5.32 Å². The van der Waals surface area contributed by atoms with Crippen molar-refractivity contribution >= 4 is 23.4 Å². The van der Waals surface area contributed by atoms with Gasteiger partial charge in [-0.05, 0) is 12.2 Å². The molecule has 0 radical (unpaired) electrons. The molecule has 2 atom stereocenters. The third kappa shape index (κ3) is 1.55. The van der Waals surface area contributed by atoms with E-state index < -0.39 is 18.5 Å². The minimum absolute atomic E-state index is 0.168. The number of rotatable bonds is 1. The number of hydrogen-bond acceptors (Lipinski definition) is 4. The minimum Gasteiger partial charge on any atom is -0.375 e. The molecular formula is C4H8N4O3S. The summed E-state index contributed by atoms with van der Waals surface area (Å²) in [6.07, 6.45) is -2.72. The number of urea groups is 1. The fraction of sp³-hybridized carbons (Fsp3) is 0.500. The highest BCUT2D eigenvalue weighted by atomic mass is 32.1. The number of carbonyl (C=O) groups is 1. The molecule has 68 valence electrons. The molecule has 1 rings (SSSR count). The Morgan fingerprint density at radius 2 is 2.33 bits per heavy atom. The number of amides is 2. The number of aliphatic hydroxyl groups is 2. The predicted octanol–water partition coefficient (Wildman–Crippen LogP) is -2.60. The van der Waals surface area contributed by atoms with Crippen molar-refractivity contribution in [1.29, 1.82) is 0 Å². The SMILES string of the molecule is NC(=S)NN1C(=O)NC(O)C1O. The Morgan fingerprint density at radius 1 is 1.75 bits per heavy atom. The fourth-order valence-corrected chi connectivity index (χ4v) is 0.866. The van der Waals surface area contributed by atoms with Crippen molar-refractivity contribution in [2.75, 3.05) is 0 Å². The van der Waals surface area contributed by atoms with Crippen LogP contribution in [0.1, 0.15) is 0 Å². The lowest BCUT2D eigenvalue weighted by molar-refractivity contribution is -0.0431. The minimum atomic E-state index is -1.39. The number of nitrogens with one attached hydrogen (secondary N) is 2. The molecule has 12 heavy (non-hydrogen) atoms. The molecule has 1 fully saturated rings. The second kappa shape index (κ2) is 3.09. The molecule has 2 unspecified atom stereocenters. The van der Waals surface area contributed by atoms with Crippen LogP contribution in [0.5, 0.6) is 0 Å². The van der Waals surface area contributed by atoms with Crippen LogP contribution in [0.4, 0.5) is 4.79 Å². The molecule has 0 aromatic rings. The molecule has 6 N–H and O–H groups in total. The Hall–Kier alpha value is -1.12. The zero-order valence-electron chi connectivity index (χ0n) is 5.89. The van der Waals surface area contributed by atoms with Crippen LogP contribution in [-0.4, -0.2) is 38.8 Å². The van der Waals surface area contributed by atoms with Crippen molar-refractivity contribution in [3.63, 3.8) is 0 Å². The van der Waals surface area contributed by atoms with Gasteiger partial charge in [0, 0.05) is 0 Å². The zero-order chi connectivity index (χ0) is 9.30. The monoisotopic (exact) mass is 192 g/mol. The molecule has 0 saturated carbocycles. The molecule has 2 amide bonds. The smallest absolute Gasteiger partial charge is 0.340 e. The second-order valence-electron chi connectivity index (χ2n) is 2.15. The Bertz CT molecular complexity index is 222. The molecule has 0 aliphatic carbocycles. The first-order valence-electron chi connectivity index (χ1n) is 3.04. The van der Waals surface area contributed by atoms with Crippen LogP contribution in [0.15, 0.2) is 0 Å². The van der Waals surface area contributed by atoms with E-state index in [4.69, 9.17) is 15.9 Å². The van der Waals surface area contributed by atoms with E-state index in [2.05, 4.69) is 17.6 Å². The van der Waals surface area contributed by atoms with Gasteiger partial charge in [0.15, 0.2) is 17.6 Å². The first-order chi connectivity index (χ1) is 5.52. The van der Waals surface area contributed by atoms with Gasteiger partial charge in [0.25, 0.3) is 0 Å². The van der Waals surface area contributed by atoms with Gasteiger partial charge < -0.3 is 21.3 Å². The van der Waals surface area contributed by atoms with Crippen molar-refractivity contribution in [2.45, 2.75) is 12.5 Å². The number of thiocarbonyl (C=S) groups is 1. The summed E-state index contributed by atoms with van der Waals surface area (Å²) >= 11 is 4.43. The topological polar surface area (TPSA) is 111 Å². The molecule has 0 aromatic carbocycles. The van der Waals surface area contributed by atoms with E-state index >= 15 is 0 Å². The molecule has 1 aliphatic heterocycles. The van der Waals surface area contributed by atoms with Gasteiger partial charge in [-0.2, -0.15) is 0 Å². The van der Waals surface area contributed by atoms with Crippen LogP contribution in [0.2, 0.25) is 0 Å². The summed E-state index contributed by atoms with van der Waals surface area (Å²) in [5.41, 5.74) is 7.24. The lowest BCUT2D eigenvalue weighted by Crippen LogP contribution is -2.50. The summed E-state index contributed by atoms with van der Waals surface area (Å²) < 4.78 is 0. The van der Waals surface area contributed by atoms with E-state index in [0.29, 0.717) is 5.01 Å². The molecular weight excluding hydrogens is 184 g/mol. The Labute approximate surface area is 73.1 Å². The third-order valence-electron chi connectivity index (χ3n) is 1.27. The Morgan fingerprint density at radius 3 is 2.67 bits per heavy atom. The Kier molecular flexibility index (Phi) is 2.31. The molecule has 1 heterocycles. The molecule has 0 aromatic heterocycles. The van der Waals surface area contributed by atoms with Gasteiger partial charge in [-0.15, -0.1) is 0 Å². The Balaban J connectivity index is 2.63. The molecule has 1 aliphatic rings. The summed E-state index contributed by atoms with van der Waals surface area (Å²) in [5, 5.41) is 20.6. The summed E-state index contributed by atoms with van der Waals surface area (Å²) in [5.74, 6) is 0. The number of hydrogen-bond donors (Lipinski definition) is 5.